The number of amides is 1. The van der Waals surface area contributed by atoms with Crippen molar-refractivity contribution in [3.05, 3.63) is 42.0 Å². The maximum atomic E-state index is 12.2. The molecule has 1 amide bonds. The monoisotopic (exact) mass is 372 g/mol. The first-order chi connectivity index (χ1) is 13.2. The van der Waals surface area contributed by atoms with Crippen LogP contribution in [0.3, 0.4) is 0 Å². The maximum Gasteiger partial charge on any atom is 0.284 e. The fourth-order valence-electron chi connectivity index (χ4n) is 2.57. The Hall–Kier alpha value is -3.42. The Morgan fingerprint density at radius 1 is 1.11 bits per heavy atom. The topological polar surface area (TPSA) is 87.6 Å². The van der Waals surface area contributed by atoms with E-state index in [1.54, 1.807) is 24.3 Å². The lowest BCUT2D eigenvalue weighted by molar-refractivity contribution is -0.130. The molecule has 0 saturated heterocycles. The van der Waals surface area contributed by atoms with Crippen LogP contribution in [0.5, 0.6) is 28.7 Å². The molecular formula is C19H20N2O6. The van der Waals surface area contributed by atoms with Gasteiger partial charge in [0.2, 0.25) is 11.9 Å². The number of methoxy groups -OCH3 is 3. The standard InChI is InChI=1S/C19H20N2O6/c1-23-15-8-12(9-16(24-2)18(15)25-3)10-20-21-19(22)17-11-26-13-6-4-5-7-14(13)27-17/h4-10,17H,11H2,1-3H3,(H,21,22)/t17-/m0/s1. The molecule has 8 heteroatoms. The highest BCUT2D eigenvalue weighted by atomic mass is 16.6. The maximum absolute atomic E-state index is 12.2. The third-order valence-corrected chi connectivity index (χ3v) is 3.88. The molecule has 2 aromatic carbocycles. The Morgan fingerprint density at radius 3 is 2.41 bits per heavy atom. The molecule has 0 spiro atoms. The Morgan fingerprint density at radius 2 is 1.78 bits per heavy atom. The van der Waals surface area contributed by atoms with Crippen LogP contribution in [0.15, 0.2) is 41.5 Å². The molecule has 1 N–H and O–H groups in total. The average Bonchev–Trinajstić information content (AvgIpc) is 2.72. The largest absolute Gasteiger partial charge is 0.493 e. The molecular weight excluding hydrogens is 352 g/mol. The van der Waals surface area contributed by atoms with Crippen molar-refractivity contribution >= 4 is 12.1 Å². The van der Waals surface area contributed by atoms with Crippen molar-refractivity contribution in [3.8, 4) is 28.7 Å². The Kier molecular flexibility index (Phi) is 5.65. The van der Waals surface area contributed by atoms with Gasteiger partial charge in [-0.1, -0.05) is 12.1 Å². The highest BCUT2D eigenvalue weighted by Gasteiger charge is 2.27. The van der Waals surface area contributed by atoms with E-state index in [4.69, 9.17) is 23.7 Å². The van der Waals surface area contributed by atoms with Gasteiger partial charge >= 0.3 is 0 Å². The first kappa shape index (κ1) is 18.4. The van der Waals surface area contributed by atoms with E-state index in [-0.39, 0.29) is 6.61 Å². The van der Waals surface area contributed by atoms with Crippen molar-refractivity contribution < 1.29 is 28.5 Å². The molecule has 2 aromatic rings. The number of nitrogens with zero attached hydrogens (tertiary/aromatic N) is 1. The SMILES string of the molecule is COc1cc(C=NNC(=O)[C@@H]2COc3ccccc3O2)cc(OC)c1OC. The molecule has 0 fully saturated rings. The molecule has 8 nitrogen and oxygen atoms in total. The normalized spacial score (nSPS) is 15.3. The Bertz CT molecular complexity index is 827. The number of nitrogens with one attached hydrogen (secondary N) is 1. The molecule has 1 aliphatic heterocycles. The van der Waals surface area contributed by atoms with Crippen molar-refractivity contribution in [2.45, 2.75) is 6.10 Å². The first-order valence-electron chi connectivity index (χ1n) is 8.17. The van der Waals surface area contributed by atoms with E-state index in [1.807, 2.05) is 12.1 Å². The number of hydrogen-bond acceptors (Lipinski definition) is 7. The van der Waals surface area contributed by atoms with Gasteiger partial charge in [-0.2, -0.15) is 5.10 Å². The van der Waals surface area contributed by atoms with Gasteiger partial charge in [0, 0.05) is 5.56 Å². The number of fused-ring (bicyclic) bond motifs is 1. The Balaban J connectivity index is 1.66. The summed E-state index contributed by atoms with van der Waals surface area (Å²) < 4.78 is 27.0. The number of hydrogen-bond donors (Lipinski definition) is 1. The van der Waals surface area contributed by atoms with Gasteiger partial charge in [-0.25, -0.2) is 5.43 Å². The summed E-state index contributed by atoms with van der Waals surface area (Å²) in [7, 11) is 4.58. The molecule has 1 aliphatic rings. The lowest BCUT2D eigenvalue weighted by Gasteiger charge is -2.24. The van der Waals surface area contributed by atoms with Gasteiger partial charge in [0.05, 0.1) is 27.5 Å². The summed E-state index contributed by atoms with van der Waals surface area (Å²) in [5.41, 5.74) is 3.11. The van der Waals surface area contributed by atoms with E-state index in [9.17, 15) is 4.79 Å². The van der Waals surface area contributed by atoms with Gasteiger partial charge < -0.3 is 23.7 Å². The van der Waals surface area contributed by atoms with Crippen LogP contribution in [0.4, 0.5) is 0 Å². The quantitative estimate of drug-likeness (QED) is 0.616. The molecule has 3 rings (SSSR count). The summed E-state index contributed by atoms with van der Waals surface area (Å²) >= 11 is 0. The summed E-state index contributed by atoms with van der Waals surface area (Å²) in [6.07, 6.45) is 0.692. The molecule has 1 heterocycles. The summed E-state index contributed by atoms with van der Waals surface area (Å²) in [6.45, 7) is 0.114. The van der Waals surface area contributed by atoms with E-state index in [1.165, 1.54) is 27.5 Å². The van der Waals surface area contributed by atoms with Gasteiger partial charge in [-0.15, -0.1) is 0 Å². The smallest absolute Gasteiger partial charge is 0.284 e. The summed E-state index contributed by atoms with van der Waals surface area (Å²) in [5, 5.41) is 3.97. The molecule has 0 aliphatic carbocycles. The van der Waals surface area contributed by atoms with Gasteiger partial charge in [0.25, 0.3) is 5.91 Å². The molecule has 0 radical (unpaired) electrons. The third kappa shape index (κ3) is 4.05. The van der Waals surface area contributed by atoms with Crippen LogP contribution < -0.4 is 29.1 Å². The molecule has 1 atom stereocenters. The molecule has 0 bridgehead atoms. The fourth-order valence-corrected chi connectivity index (χ4v) is 2.57. The zero-order valence-electron chi connectivity index (χ0n) is 15.2. The van der Waals surface area contributed by atoms with Crippen LogP contribution in [-0.4, -0.2) is 46.2 Å². The zero-order chi connectivity index (χ0) is 19.2. The van der Waals surface area contributed by atoms with Crippen LogP contribution in [0.25, 0.3) is 0 Å². The van der Waals surface area contributed by atoms with E-state index < -0.39 is 12.0 Å². The van der Waals surface area contributed by atoms with Crippen molar-refractivity contribution in [1.82, 2.24) is 5.43 Å². The van der Waals surface area contributed by atoms with Gasteiger partial charge in [-0.3, -0.25) is 4.79 Å². The predicted molar refractivity (Wildman–Crippen MR) is 98.2 cm³/mol. The molecule has 0 aromatic heterocycles. The first-order valence-corrected chi connectivity index (χ1v) is 8.17. The average molecular weight is 372 g/mol. The minimum Gasteiger partial charge on any atom is -0.493 e. The van der Waals surface area contributed by atoms with Crippen molar-refractivity contribution in [2.75, 3.05) is 27.9 Å². The van der Waals surface area contributed by atoms with E-state index in [0.717, 1.165) is 0 Å². The van der Waals surface area contributed by atoms with Crippen molar-refractivity contribution in [3.63, 3.8) is 0 Å². The van der Waals surface area contributed by atoms with E-state index >= 15 is 0 Å². The van der Waals surface area contributed by atoms with Crippen LogP contribution in [0.1, 0.15) is 5.56 Å². The number of benzene rings is 2. The fraction of sp³-hybridized carbons (Fsp3) is 0.263. The number of rotatable bonds is 6. The lowest BCUT2D eigenvalue weighted by Crippen LogP contribution is -2.42. The van der Waals surface area contributed by atoms with Crippen LogP contribution in [0.2, 0.25) is 0 Å². The number of para-hydroxylation sites is 2. The number of ether oxygens (including phenoxy) is 5. The number of carbonyl (C=O) groups is 1. The lowest BCUT2D eigenvalue weighted by atomic mass is 10.2. The predicted octanol–water partition coefficient (Wildman–Crippen LogP) is 2.00. The van der Waals surface area contributed by atoms with Crippen LogP contribution in [0, 0.1) is 0 Å². The molecule has 0 unspecified atom stereocenters. The highest BCUT2D eigenvalue weighted by Crippen LogP contribution is 2.37. The minimum absolute atomic E-state index is 0.114. The third-order valence-electron chi connectivity index (χ3n) is 3.88. The molecule has 142 valence electrons. The molecule has 27 heavy (non-hydrogen) atoms. The summed E-state index contributed by atoms with van der Waals surface area (Å²) in [5.74, 6) is 2.19. The molecule has 0 saturated carbocycles. The highest BCUT2D eigenvalue weighted by molar-refractivity contribution is 5.86. The number of carbonyl (C=O) groups excluding carboxylic acids is 1. The Labute approximate surface area is 156 Å². The minimum atomic E-state index is -0.781. The van der Waals surface area contributed by atoms with Gasteiger partial charge in [0.15, 0.2) is 23.0 Å². The van der Waals surface area contributed by atoms with Gasteiger partial charge in [0.1, 0.15) is 6.61 Å². The van der Waals surface area contributed by atoms with Crippen molar-refractivity contribution in [2.24, 2.45) is 5.10 Å². The second-order valence-electron chi connectivity index (χ2n) is 5.56. The summed E-state index contributed by atoms with van der Waals surface area (Å²) in [4.78, 5) is 12.2. The van der Waals surface area contributed by atoms with E-state index in [0.29, 0.717) is 34.3 Å². The van der Waals surface area contributed by atoms with Gasteiger partial charge in [-0.05, 0) is 24.3 Å². The summed E-state index contributed by atoms with van der Waals surface area (Å²) in [6, 6.07) is 10.6. The van der Waals surface area contributed by atoms with E-state index in [2.05, 4.69) is 10.5 Å². The zero-order valence-corrected chi connectivity index (χ0v) is 15.2. The van der Waals surface area contributed by atoms with Crippen molar-refractivity contribution in [1.29, 1.82) is 0 Å². The second-order valence-corrected chi connectivity index (χ2v) is 5.56. The number of hydrazone groups is 1. The second kappa shape index (κ2) is 8.31. The van der Waals surface area contributed by atoms with Crippen LogP contribution in [-0.2, 0) is 4.79 Å². The van der Waals surface area contributed by atoms with Crippen LogP contribution >= 0.6 is 0 Å².